The van der Waals surface area contributed by atoms with Crippen LogP contribution in [0.15, 0.2) is 28.2 Å². The summed E-state index contributed by atoms with van der Waals surface area (Å²) >= 11 is 3.53. The van der Waals surface area contributed by atoms with Gasteiger partial charge in [-0.3, -0.25) is 0 Å². The summed E-state index contributed by atoms with van der Waals surface area (Å²) in [5.74, 6) is 0.973. The summed E-state index contributed by atoms with van der Waals surface area (Å²) in [5.41, 5.74) is 2.82. The van der Waals surface area contributed by atoms with Gasteiger partial charge in [0, 0.05) is 33.7 Å². The lowest BCUT2D eigenvalue weighted by atomic mass is 9.79. The maximum atomic E-state index is 5.87. The van der Waals surface area contributed by atoms with Crippen molar-refractivity contribution >= 4 is 22.0 Å². The number of halogens is 1. The molecule has 2 N–H and O–H groups in total. The molecule has 0 unspecified atom stereocenters. The van der Waals surface area contributed by atoms with Crippen molar-refractivity contribution in [2.45, 2.75) is 57.7 Å². The van der Waals surface area contributed by atoms with Gasteiger partial charge in [0.05, 0.1) is 0 Å². The SMILES string of the molecule is CC1(C)CC(NCC2=Cc3cc(Br)ccc3OC2)CC(C)(C)N1. The van der Waals surface area contributed by atoms with Crippen molar-refractivity contribution in [1.29, 1.82) is 0 Å². The number of fused-ring (bicyclic) bond motifs is 1. The molecule has 23 heavy (non-hydrogen) atoms. The number of nitrogens with one attached hydrogen (secondary N) is 2. The van der Waals surface area contributed by atoms with E-state index in [9.17, 15) is 0 Å². The van der Waals surface area contributed by atoms with Crippen molar-refractivity contribution in [3.63, 3.8) is 0 Å². The quantitative estimate of drug-likeness (QED) is 0.829. The molecule has 0 aliphatic carbocycles. The third kappa shape index (κ3) is 4.37. The van der Waals surface area contributed by atoms with Crippen molar-refractivity contribution in [3.8, 4) is 5.75 Å². The first-order valence-electron chi connectivity index (χ1n) is 8.37. The molecule has 2 heterocycles. The van der Waals surface area contributed by atoms with Gasteiger partial charge in [-0.1, -0.05) is 15.9 Å². The van der Waals surface area contributed by atoms with E-state index >= 15 is 0 Å². The van der Waals surface area contributed by atoms with Crippen molar-refractivity contribution < 1.29 is 4.74 Å². The normalized spacial score (nSPS) is 22.9. The van der Waals surface area contributed by atoms with Crippen molar-refractivity contribution in [2.75, 3.05) is 13.2 Å². The zero-order valence-corrected chi connectivity index (χ0v) is 16.1. The predicted molar refractivity (Wildman–Crippen MR) is 99.9 cm³/mol. The van der Waals surface area contributed by atoms with E-state index in [4.69, 9.17) is 4.74 Å². The second kappa shape index (κ2) is 6.23. The Morgan fingerprint density at radius 2 is 1.91 bits per heavy atom. The summed E-state index contributed by atoms with van der Waals surface area (Å²) in [6, 6.07) is 6.70. The second-order valence-corrected chi connectivity index (χ2v) is 9.07. The fourth-order valence-electron chi connectivity index (χ4n) is 4.04. The first-order valence-corrected chi connectivity index (χ1v) is 9.16. The Kier molecular flexibility index (Phi) is 4.60. The lowest BCUT2D eigenvalue weighted by Crippen LogP contribution is -2.61. The lowest BCUT2D eigenvalue weighted by Gasteiger charge is -2.47. The molecule has 1 aromatic rings. The van der Waals surface area contributed by atoms with Gasteiger partial charge in [-0.15, -0.1) is 0 Å². The van der Waals surface area contributed by atoms with Crippen molar-refractivity contribution in [2.24, 2.45) is 0 Å². The number of benzene rings is 1. The minimum atomic E-state index is 0.175. The van der Waals surface area contributed by atoms with Gasteiger partial charge in [0.25, 0.3) is 0 Å². The molecule has 3 nitrogen and oxygen atoms in total. The van der Waals surface area contributed by atoms with Crippen LogP contribution >= 0.6 is 15.9 Å². The molecule has 0 atom stereocenters. The third-order valence-corrected chi connectivity index (χ3v) is 5.05. The van der Waals surface area contributed by atoms with Crippen LogP contribution in [-0.2, 0) is 0 Å². The molecule has 0 saturated carbocycles. The molecule has 4 heteroatoms. The first-order chi connectivity index (χ1) is 10.7. The Bertz CT molecular complexity index is 606. The van der Waals surface area contributed by atoms with Gasteiger partial charge in [-0.25, -0.2) is 0 Å². The van der Waals surface area contributed by atoms with Crippen LogP contribution in [0, 0.1) is 0 Å². The number of hydrogen-bond donors (Lipinski definition) is 2. The summed E-state index contributed by atoms with van der Waals surface area (Å²) in [5, 5.41) is 7.48. The highest BCUT2D eigenvalue weighted by Crippen LogP contribution is 2.30. The highest BCUT2D eigenvalue weighted by Gasteiger charge is 2.37. The van der Waals surface area contributed by atoms with E-state index < -0.39 is 0 Å². The summed E-state index contributed by atoms with van der Waals surface area (Å²) < 4.78 is 6.96. The highest BCUT2D eigenvalue weighted by atomic mass is 79.9. The smallest absolute Gasteiger partial charge is 0.127 e. The molecule has 1 fully saturated rings. The van der Waals surface area contributed by atoms with Crippen molar-refractivity contribution in [3.05, 3.63) is 33.8 Å². The van der Waals surface area contributed by atoms with E-state index in [1.54, 1.807) is 0 Å². The molecule has 0 spiro atoms. The third-order valence-electron chi connectivity index (χ3n) is 4.55. The first kappa shape index (κ1) is 17.0. The predicted octanol–water partition coefficient (Wildman–Crippen LogP) is 4.12. The summed E-state index contributed by atoms with van der Waals surface area (Å²) in [6.45, 7) is 10.7. The minimum Gasteiger partial charge on any atom is -0.489 e. The van der Waals surface area contributed by atoms with Crippen LogP contribution in [0.3, 0.4) is 0 Å². The van der Waals surface area contributed by atoms with Gasteiger partial charge in [-0.2, -0.15) is 0 Å². The van der Waals surface area contributed by atoms with Crippen LogP contribution in [0.1, 0.15) is 46.1 Å². The van der Waals surface area contributed by atoms with E-state index in [0.29, 0.717) is 12.6 Å². The fraction of sp³-hybridized carbons (Fsp3) is 0.579. The number of ether oxygens (including phenoxy) is 1. The lowest BCUT2D eigenvalue weighted by molar-refractivity contribution is 0.147. The van der Waals surface area contributed by atoms with Crippen LogP contribution in [0.2, 0.25) is 0 Å². The standard InChI is InChI=1S/C19H27BrN2O/c1-18(2)9-16(10-19(3,4)22-18)21-11-13-7-14-8-15(20)5-6-17(14)23-12-13/h5-8,16,21-22H,9-12H2,1-4H3. The molecule has 3 rings (SSSR count). The van der Waals surface area contributed by atoms with E-state index in [2.05, 4.69) is 66.4 Å². The molecule has 2 aliphatic rings. The Labute approximate surface area is 148 Å². The Balaban J connectivity index is 1.65. The summed E-state index contributed by atoms with van der Waals surface area (Å²) in [4.78, 5) is 0. The fourth-order valence-corrected chi connectivity index (χ4v) is 4.42. The van der Waals surface area contributed by atoms with E-state index in [1.165, 1.54) is 5.57 Å². The van der Waals surface area contributed by atoms with Gasteiger partial charge >= 0.3 is 0 Å². The van der Waals surface area contributed by atoms with Crippen LogP contribution in [0.25, 0.3) is 6.08 Å². The average molecular weight is 379 g/mol. The van der Waals surface area contributed by atoms with Gasteiger partial charge in [0.15, 0.2) is 0 Å². The van der Waals surface area contributed by atoms with E-state index in [-0.39, 0.29) is 11.1 Å². The molecule has 0 bridgehead atoms. The molecular formula is C19H27BrN2O. The Morgan fingerprint density at radius 1 is 1.22 bits per heavy atom. The second-order valence-electron chi connectivity index (χ2n) is 8.15. The molecule has 0 amide bonds. The largest absolute Gasteiger partial charge is 0.489 e. The van der Waals surface area contributed by atoms with E-state index in [0.717, 1.165) is 35.2 Å². The monoisotopic (exact) mass is 378 g/mol. The maximum Gasteiger partial charge on any atom is 0.127 e. The van der Waals surface area contributed by atoms with Crippen LogP contribution in [0.4, 0.5) is 0 Å². The molecule has 1 saturated heterocycles. The number of hydrogen-bond acceptors (Lipinski definition) is 3. The van der Waals surface area contributed by atoms with Gasteiger partial charge < -0.3 is 15.4 Å². The van der Waals surface area contributed by atoms with Gasteiger partial charge in [-0.05, 0) is 70.4 Å². The highest BCUT2D eigenvalue weighted by molar-refractivity contribution is 9.10. The molecular weight excluding hydrogens is 352 g/mol. The molecule has 0 radical (unpaired) electrons. The number of piperidine rings is 1. The van der Waals surface area contributed by atoms with Crippen molar-refractivity contribution in [1.82, 2.24) is 10.6 Å². The zero-order valence-electron chi connectivity index (χ0n) is 14.5. The molecule has 126 valence electrons. The summed E-state index contributed by atoms with van der Waals surface area (Å²) in [6.07, 6.45) is 4.55. The molecule has 2 aliphatic heterocycles. The minimum absolute atomic E-state index is 0.175. The number of rotatable bonds is 3. The van der Waals surface area contributed by atoms with Crippen LogP contribution < -0.4 is 15.4 Å². The Morgan fingerprint density at radius 3 is 2.61 bits per heavy atom. The van der Waals surface area contributed by atoms with Gasteiger partial charge in [0.1, 0.15) is 12.4 Å². The molecule has 0 aromatic heterocycles. The Hall–Kier alpha value is -0.840. The summed E-state index contributed by atoms with van der Waals surface area (Å²) in [7, 11) is 0. The molecule has 1 aromatic carbocycles. The average Bonchev–Trinajstić information content (AvgIpc) is 2.41. The maximum absolute atomic E-state index is 5.87. The van der Waals surface area contributed by atoms with Gasteiger partial charge in [0.2, 0.25) is 0 Å². The zero-order chi connectivity index (χ0) is 16.7. The van der Waals surface area contributed by atoms with E-state index in [1.807, 2.05) is 12.1 Å². The van der Waals surface area contributed by atoms with Crippen LogP contribution in [-0.4, -0.2) is 30.3 Å². The van der Waals surface area contributed by atoms with Crippen LogP contribution in [0.5, 0.6) is 5.75 Å². The topological polar surface area (TPSA) is 33.3 Å².